The van der Waals surface area contributed by atoms with Crippen molar-refractivity contribution >= 4 is 52.0 Å². The van der Waals surface area contributed by atoms with Gasteiger partial charge in [-0.2, -0.15) is 5.10 Å². The van der Waals surface area contributed by atoms with Gasteiger partial charge in [0, 0.05) is 17.5 Å². The summed E-state index contributed by atoms with van der Waals surface area (Å²) in [6.45, 7) is 0.123. The molecular weight excluding hydrogens is 469 g/mol. The molecule has 10 heteroatoms. The molecular formula is C23H15Cl2N3O5. The second-order valence-electron chi connectivity index (χ2n) is 6.87. The Bertz CT molecular complexity index is 1310. The number of carbonyl (C=O) groups excluding carboxylic acids is 1. The first kappa shape index (κ1) is 22.3. The first-order valence-electron chi connectivity index (χ1n) is 9.58. The highest BCUT2D eigenvalue weighted by atomic mass is 35.5. The Balaban J connectivity index is 1.39. The number of rotatable bonds is 7. The lowest BCUT2D eigenvalue weighted by Crippen LogP contribution is -2.16. The van der Waals surface area contributed by atoms with E-state index in [-0.39, 0.29) is 33.8 Å². The molecule has 166 valence electrons. The number of hydrogen-bond donors (Lipinski definition) is 1. The monoisotopic (exact) mass is 483 g/mol. The molecule has 0 aliphatic carbocycles. The van der Waals surface area contributed by atoms with E-state index in [0.717, 1.165) is 5.39 Å². The number of hydrogen-bond acceptors (Lipinski definition) is 6. The van der Waals surface area contributed by atoms with Gasteiger partial charge in [0.05, 0.1) is 21.2 Å². The van der Waals surface area contributed by atoms with Gasteiger partial charge in [-0.15, -0.1) is 0 Å². The van der Waals surface area contributed by atoms with E-state index in [1.807, 2.05) is 18.2 Å². The Hall–Kier alpha value is -3.88. The third-order valence-corrected chi connectivity index (χ3v) is 5.14. The highest BCUT2D eigenvalue weighted by molar-refractivity contribution is 6.37. The van der Waals surface area contributed by atoms with E-state index in [0.29, 0.717) is 16.7 Å². The predicted octanol–water partition coefficient (Wildman–Crippen LogP) is 5.99. The average Bonchev–Trinajstić information content (AvgIpc) is 3.23. The number of carbonyl (C=O) groups is 1. The number of non-ortho nitro benzene ring substituents is 1. The minimum absolute atomic E-state index is 0.00846. The highest BCUT2D eigenvalue weighted by Crippen LogP contribution is 2.34. The fourth-order valence-electron chi connectivity index (χ4n) is 2.98. The largest absolute Gasteiger partial charge is 0.486 e. The Kier molecular flexibility index (Phi) is 6.58. The second kappa shape index (κ2) is 9.72. The zero-order chi connectivity index (χ0) is 23.4. The molecule has 8 nitrogen and oxygen atoms in total. The number of hydrazone groups is 1. The van der Waals surface area contributed by atoms with E-state index in [9.17, 15) is 14.9 Å². The van der Waals surface area contributed by atoms with Crippen molar-refractivity contribution in [2.24, 2.45) is 5.10 Å². The van der Waals surface area contributed by atoms with Crippen LogP contribution in [0.25, 0.3) is 11.0 Å². The third kappa shape index (κ3) is 5.31. The minimum Gasteiger partial charge on any atom is -0.486 e. The molecule has 33 heavy (non-hydrogen) atoms. The standard InChI is InChI=1S/C23H15Cl2N3O5/c24-18-9-15(12-26-27-23(29)21-11-16-3-1-2-4-20(16)33-21)10-19(25)22(18)32-13-14-5-7-17(8-6-14)28(30)31/h1-12H,13H2,(H,27,29)/b26-12+. The molecule has 1 amide bonds. The van der Waals surface area contributed by atoms with Gasteiger partial charge in [0.2, 0.25) is 0 Å². The molecule has 1 N–H and O–H groups in total. The maximum absolute atomic E-state index is 12.2. The molecule has 1 aromatic heterocycles. The lowest BCUT2D eigenvalue weighted by Gasteiger charge is -2.11. The number of benzene rings is 3. The summed E-state index contributed by atoms with van der Waals surface area (Å²) in [5.41, 5.74) is 4.24. The van der Waals surface area contributed by atoms with Crippen molar-refractivity contribution < 1.29 is 18.9 Å². The Morgan fingerprint density at radius 1 is 1.09 bits per heavy atom. The average molecular weight is 484 g/mol. The summed E-state index contributed by atoms with van der Waals surface area (Å²) in [5.74, 6) is -0.0951. The zero-order valence-electron chi connectivity index (χ0n) is 16.8. The van der Waals surface area contributed by atoms with Crippen LogP contribution in [0.3, 0.4) is 0 Å². The van der Waals surface area contributed by atoms with Crippen LogP contribution in [0.2, 0.25) is 10.0 Å². The number of ether oxygens (including phenoxy) is 1. The zero-order valence-corrected chi connectivity index (χ0v) is 18.3. The van der Waals surface area contributed by atoms with E-state index in [2.05, 4.69) is 10.5 Å². The number of nitro groups is 1. The quantitative estimate of drug-likeness (QED) is 0.197. The van der Waals surface area contributed by atoms with E-state index >= 15 is 0 Å². The fraction of sp³-hybridized carbons (Fsp3) is 0.0435. The van der Waals surface area contributed by atoms with Crippen LogP contribution in [-0.4, -0.2) is 17.0 Å². The van der Waals surface area contributed by atoms with Gasteiger partial charge in [-0.25, -0.2) is 5.43 Å². The van der Waals surface area contributed by atoms with Crippen LogP contribution >= 0.6 is 23.2 Å². The summed E-state index contributed by atoms with van der Waals surface area (Å²) in [5, 5.41) is 16.0. The van der Waals surface area contributed by atoms with Gasteiger partial charge in [-0.1, -0.05) is 41.4 Å². The van der Waals surface area contributed by atoms with E-state index < -0.39 is 10.8 Å². The highest BCUT2D eigenvalue weighted by Gasteiger charge is 2.12. The van der Waals surface area contributed by atoms with Crippen molar-refractivity contribution in [1.82, 2.24) is 5.43 Å². The van der Waals surface area contributed by atoms with Crippen LogP contribution < -0.4 is 10.2 Å². The summed E-state index contributed by atoms with van der Waals surface area (Å²) in [7, 11) is 0. The molecule has 3 aromatic carbocycles. The second-order valence-corrected chi connectivity index (χ2v) is 7.69. The van der Waals surface area contributed by atoms with Crippen molar-refractivity contribution in [1.29, 1.82) is 0 Å². The van der Waals surface area contributed by atoms with Crippen LogP contribution in [0.5, 0.6) is 5.75 Å². The maximum atomic E-state index is 12.2. The molecule has 4 aromatic rings. The Labute approximate surface area is 197 Å². The van der Waals surface area contributed by atoms with E-state index in [4.69, 9.17) is 32.4 Å². The molecule has 0 unspecified atom stereocenters. The molecule has 0 saturated carbocycles. The van der Waals surface area contributed by atoms with E-state index in [1.54, 1.807) is 36.4 Å². The molecule has 0 spiro atoms. The molecule has 4 rings (SSSR count). The van der Waals surface area contributed by atoms with Gasteiger partial charge in [0.25, 0.3) is 5.69 Å². The van der Waals surface area contributed by atoms with Crippen LogP contribution in [0.1, 0.15) is 21.7 Å². The van der Waals surface area contributed by atoms with Crippen molar-refractivity contribution in [2.75, 3.05) is 0 Å². The number of halogens is 2. The smallest absolute Gasteiger partial charge is 0.307 e. The number of fused-ring (bicyclic) bond motifs is 1. The molecule has 0 saturated heterocycles. The van der Waals surface area contributed by atoms with Gasteiger partial charge in [-0.05, 0) is 47.5 Å². The lowest BCUT2D eigenvalue weighted by atomic mass is 10.2. The first-order valence-corrected chi connectivity index (χ1v) is 10.3. The van der Waals surface area contributed by atoms with Crippen LogP contribution in [0, 0.1) is 10.1 Å². The number of para-hydroxylation sites is 1. The number of amides is 1. The lowest BCUT2D eigenvalue weighted by molar-refractivity contribution is -0.384. The Morgan fingerprint density at radius 3 is 2.45 bits per heavy atom. The van der Waals surface area contributed by atoms with Crippen LogP contribution in [0.4, 0.5) is 5.69 Å². The summed E-state index contributed by atoms with van der Waals surface area (Å²) >= 11 is 12.6. The molecule has 0 aliphatic heterocycles. The van der Waals surface area contributed by atoms with Crippen molar-refractivity contribution in [3.05, 3.63) is 104 Å². The maximum Gasteiger partial charge on any atom is 0.307 e. The predicted molar refractivity (Wildman–Crippen MR) is 125 cm³/mol. The molecule has 0 aliphatic rings. The van der Waals surface area contributed by atoms with E-state index in [1.165, 1.54) is 18.3 Å². The molecule has 0 radical (unpaired) electrons. The van der Waals surface area contributed by atoms with Crippen LogP contribution in [0.15, 0.2) is 76.2 Å². The van der Waals surface area contributed by atoms with Crippen LogP contribution in [-0.2, 0) is 6.61 Å². The molecule has 1 heterocycles. The molecule has 0 atom stereocenters. The van der Waals surface area contributed by atoms with Gasteiger partial charge >= 0.3 is 5.91 Å². The normalized spacial score (nSPS) is 11.1. The third-order valence-electron chi connectivity index (χ3n) is 4.58. The van der Waals surface area contributed by atoms with Gasteiger partial charge < -0.3 is 9.15 Å². The minimum atomic E-state index is -0.498. The van der Waals surface area contributed by atoms with Gasteiger partial charge in [0.15, 0.2) is 11.5 Å². The van der Waals surface area contributed by atoms with Gasteiger partial charge in [0.1, 0.15) is 12.2 Å². The summed E-state index contributed by atoms with van der Waals surface area (Å²) in [6, 6.07) is 18.0. The SMILES string of the molecule is O=C(N/N=C/c1cc(Cl)c(OCc2ccc([N+](=O)[O-])cc2)c(Cl)c1)c1cc2ccccc2o1. The summed E-state index contributed by atoms with van der Waals surface area (Å²) in [6.07, 6.45) is 1.39. The first-order chi connectivity index (χ1) is 15.9. The topological polar surface area (TPSA) is 107 Å². The molecule has 0 bridgehead atoms. The fourth-order valence-corrected chi connectivity index (χ4v) is 3.59. The number of furan rings is 1. The number of nitrogens with one attached hydrogen (secondary N) is 1. The van der Waals surface area contributed by atoms with Crippen molar-refractivity contribution in [3.63, 3.8) is 0 Å². The van der Waals surface area contributed by atoms with Gasteiger partial charge in [-0.3, -0.25) is 14.9 Å². The summed E-state index contributed by atoms with van der Waals surface area (Å²) in [4.78, 5) is 22.5. The summed E-state index contributed by atoms with van der Waals surface area (Å²) < 4.78 is 11.2. The number of nitrogens with zero attached hydrogens (tertiary/aromatic N) is 2. The van der Waals surface area contributed by atoms with Crippen molar-refractivity contribution in [2.45, 2.75) is 6.61 Å². The Morgan fingerprint density at radius 2 is 1.79 bits per heavy atom. The molecule has 0 fully saturated rings. The number of nitro benzene ring substituents is 1. The van der Waals surface area contributed by atoms with Crippen molar-refractivity contribution in [3.8, 4) is 5.75 Å².